The topological polar surface area (TPSA) is 50.1 Å². The Balaban J connectivity index is 2.08. The molecule has 1 rings (SSSR count). The molecule has 0 spiro atoms. The van der Waals surface area contributed by atoms with Crippen LogP contribution in [0.5, 0.6) is 0 Å². The van der Waals surface area contributed by atoms with Gasteiger partial charge in [0.15, 0.2) is 0 Å². The maximum atomic E-state index is 10.2. The predicted octanol–water partition coefficient (Wildman–Crippen LogP) is 2.77. The fraction of sp³-hybridized carbons (Fsp3) is 0.900. The molecule has 3 heteroatoms. The fourth-order valence-corrected chi connectivity index (χ4v) is 1.97. The summed E-state index contributed by atoms with van der Waals surface area (Å²) in [4.78, 5) is 10.2. The SMILES string of the molecule is [NH]C(=O)OCCC1CCCCCC1. The van der Waals surface area contributed by atoms with Crippen molar-refractivity contribution in [3.8, 4) is 0 Å². The molecule has 0 atom stereocenters. The van der Waals surface area contributed by atoms with Crippen LogP contribution < -0.4 is 5.73 Å². The molecular formula is C10H18NO2. The molecule has 1 saturated carbocycles. The van der Waals surface area contributed by atoms with Crippen molar-refractivity contribution in [3.63, 3.8) is 0 Å². The van der Waals surface area contributed by atoms with E-state index in [1.54, 1.807) is 0 Å². The molecule has 3 nitrogen and oxygen atoms in total. The summed E-state index contributed by atoms with van der Waals surface area (Å²) in [5, 5.41) is 0. The van der Waals surface area contributed by atoms with Crippen LogP contribution in [0, 0.1) is 5.92 Å². The normalized spacial score (nSPS) is 19.4. The summed E-state index contributed by atoms with van der Waals surface area (Å²) in [5.74, 6) is 0.724. The third-order valence-corrected chi connectivity index (χ3v) is 2.73. The van der Waals surface area contributed by atoms with Crippen molar-refractivity contribution < 1.29 is 9.53 Å². The lowest BCUT2D eigenvalue weighted by molar-refractivity contribution is 0.145. The summed E-state index contributed by atoms with van der Waals surface area (Å²) in [7, 11) is 0. The molecule has 1 aliphatic carbocycles. The van der Waals surface area contributed by atoms with Crippen LogP contribution in [-0.2, 0) is 4.74 Å². The van der Waals surface area contributed by atoms with Gasteiger partial charge in [-0.25, -0.2) is 10.5 Å². The quantitative estimate of drug-likeness (QED) is 0.633. The van der Waals surface area contributed by atoms with Gasteiger partial charge < -0.3 is 4.74 Å². The summed E-state index contributed by atoms with van der Waals surface area (Å²) in [5.41, 5.74) is 6.58. The highest BCUT2D eigenvalue weighted by molar-refractivity contribution is 5.63. The Morgan fingerprint density at radius 2 is 1.85 bits per heavy atom. The largest absolute Gasteiger partial charge is 0.448 e. The maximum Gasteiger partial charge on any atom is 0.426 e. The van der Waals surface area contributed by atoms with Crippen molar-refractivity contribution in [2.24, 2.45) is 5.92 Å². The first-order valence-corrected chi connectivity index (χ1v) is 5.17. The third-order valence-electron chi connectivity index (χ3n) is 2.73. The molecule has 1 radical (unpaired) electrons. The summed E-state index contributed by atoms with van der Waals surface area (Å²) in [6.07, 6.45) is 7.95. The van der Waals surface area contributed by atoms with Crippen LogP contribution in [-0.4, -0.2) is 12.7 Å². The van der Waals surface area contributed by atoms with Crippen LogP contribution in [0.4, 0.5) is 4.79 Å². The third kappa shape index (κ3) is 4.76. The second-order valence-corrected chi connectivity index (χ2v) is 3.78. The van der Waals surface area contributed by atoms with E-state index in [-0.39, 0.29) is 0 Å². The lowest BCUT2D eigenvalue weighted by Crippen LogP contribution is -2.08. The molecule has 1 N–H and O–H groups in total. The zero-order valence-electron chi connectivity index (χ0n) is 8.05. The second kappa shape index (κ2) is 5.84. The molecule has 1 amide bonds. The van der Waals surface area contributed by atoms with Gasteiger partial charge in [0.05, 0.1) is 6.61 Å². The highest BCUT2D eigenvalue weighted by Gasteiger charge is 2.12. The average Bonchev–Trinajstić information content (AvgIpc) is 2.32. The minimum absolute atomic E-state index is 0.438. The Morgan fingerprint density at radius 3 is 2.38 bits per heavy atom. The number of carbonyl (C=O) groups is 1. The van der Waals surface area contributed by atoms with E-state index in [1.807, 2.05) is 0 Å². The van der Waals surface area contributed by atoms with Gasteiger partial charge in [0.25, 0.3) is 0 Å². The lowest BCUT2D eigenvalue weighted by atomic mass is 9.97. The van der Waals surface area contributed by atoms with Crippen molar-refractivity contribution in [2.75, 3.05) is 6.61 Å². The zero-order valence-corrected chi connectivity index (χ0v) is 8.05. The molecule has 75 valence electrons. The Hall–Kier alpha value is -0.730. The van der Waals surface area contributed by atoms with Gasteiger partial charge in [0.1, 0.15) is 0 Å². The minimum atomic E-state index is -0.895. The second-order valence-electron chi connectivity index (χ2n) is 3.78. The molecule has 13 heavy (non-hydrogen) atoms. The fourth-order valence-electron chi connectivity index (χ4n) is 1.97. The van der Waals surface area contributed by atoms with Crippen LogP contribution in [0.25, 0.3) is 0 Å². The van der Waals surface area contributed by atoms with Crippen molar-refractivity contribution >= 4 is 6.09 Å². The van der Waals surface area contributed by atoms with Gasteiger partial charge in [-0.05, 0) is 12.3 Å². The monoisotopic (exact) mass is 184 g/mol. The highest BCUT2D eigenvalue weighted by atomic mass is 16.5. The molecule has 0 saturated heterocycles. The smallest absolute Gasteiger partial charge is 0.426 e. The van der Waals surface area contributed by atoms with Crippen LogP contribution in [0.15, 0.2) is 0 Å². The van der Waals surface area contributed by atoms with Crippen LogP contribution >= 0.6 is 0 Å². The molecule has 0 heterocycles. The van der Waals surface area contributed by atoms with Gasteiger partial charge in [-0.15, -0.1) is 0 Å². The number of hydrogen-bond acceptors (Lipinski definition) is 2. The molecule has 0 bridgehead atoms. The van der Waals surface area contributed by atoms with Crippen molar-refractivity contribution in [1.82, 2.24) is 5.73 Å². The summed E-state index contributed by atoms with van der Waals surface area (Å²) in [6, 6.07) is 0. The van der Waals surface area contributed by atoms with Crippen molar-refractivity contribution in [1.29, 1.82) is 0 Å². The summed E-state index contributed by atoms with van der Waals surface area (Å²) < 4.78 is 4.61. The van der Waals surface area contributed by atoms with Crippen LogP contribution in [0.1, 0.15) is 44.9 Å². The lowest BCUT2D eigenvalue weighted by Gasteiger charge is -2.12. The van der Waals surface area contributed by atoms with Crippen molar-refractivity contribution in [3.05, 3.63) is 0 Å². The molecular weight excluding hydrogens is 166 g/mol. The Labute approximate surface area is 79.6 Å². The number of amides is 1. The molecule has 0 aromatic rings. The number of hydrogen-bond donors (Lipinski definition) is 0. The zero-order chi connectivity index (χ0) is 9.52. The standard InChI is InChI=1S/C10H18NO2/c11-10(12)13-8-7-9-5-3-1-2-4-6-9/h9,11H,1-8H2. The molecule has 0 aromatic carbocycles. The van der Waals surface area contributed by atoms with E-state index >= 15 is 0 Å². The maximum absolute atomic E-state index is 10.2. The molecule has 1 aliphatic rings. The first-order valence-electron chi connectivity index (χ1n) is 5.17. The molecule has 1 fully saturated rings. The summed E-state index contributed by atoms with van der Waals surface area (Å²) >= 11 is 0. The summed E-state index contributed by atoms with van der Waals surface area (Å²) in [6.45, 7) is 0.438. The van der Waals surface area contributed by atoms with Gasteiger partial charge in [-0.3, -0.25) is 0 Å². The van der Waals surface area contributed by atoms with E-state index in [0.29, 0.717) is 6.61 Å². The minimum Gasteiger partial charge on any atom is -0.448 e. The first kappa shape index (κ1) is 10.4. The van der Waals surface area contributed by atoms with E-state index in [0.717, 1.165) is 12.3 Å². The van der Waals surface area contributed by atoms with Gasteiger partial charge in [-0.2, -0.15) is 0 Å². The number of nitrogens with one attached hydrogen (secondary N) is 1. The van der Waals surface area contributed by atoms with Gasteiger partial charge in [0, 0.05) is 0 Å². The Bertz CT molecular complexity index is 151. The Kier molecular flexibility index (Phi) is 4.65. The predicted molar refractivity (Wildman–Crippen MR) is 50.3 cm³/mol. The first-order chi connectivity index (χ1) is 6.29. The average molecular weight is 184 g/mol. The highest BCUT2D eigenvalue weighted by Crippen LogP contribution is 2.25. The molecule has 0 unspecified atom stereocenters. The van der Waals surface area contributed by atoms with E-state index < -0.39 is 6.09 Å². The van der Waals surface area contributed by atoms with Crippen LogP contribution in [0.3, 0.4) is 0 Å². The number of carbonyl (C=O) groups excluding carboxylic acids is 1. The molecule has 0 aliphatic heterocycles. The number of rotatable bonds is 3. The van der Waals surface area contributed by atoms with E-state index in [1.165, 1.54) is 38.5 Å². The van der Waals surface area contributed by atoms with Gasteiger partial charge in [-0.1, -0.05) is 38.5 Å². The van der Waals surface area contributed by atoms with E-state index in [9.17, 15) is 4.79 Å². The van der Waals surface area contributed by atoms with E-state index in [4.69, 9.17) is 5.73 Å². The number of ether oxygens (including phenoxy) is 1. The Morgan fingerprint density at radius 1 is 1.23 bits per heavy atom. The van der Waals surface area contributed by atoms with Gasteiger partial charge >= 0.3 is 6.09 Å². The molecule has 0 aromatic heterocycles. The van der Waals surface area contributed by atoms with Crippen molar-refractivity contribution in [2.45, 2.75) is 44.9 Å². The van der Waals surface area contributed by atoms with Crippen LogP contribution in [0.2, 0.25) is 0 Å². The van der Waals surface area contributed by atoms with Gasteiger partial charge in [0.2, 0.25) is 0 Å². The van der Waals surface area contributed by atoms with E-state index in [2.05, 4.69) is 4.74 Å².